The summed E-state index contributed by atoms with van der Waals surface area (Å²) in [5, 5.41) is 12.0. The summed E-state index contributed by atoms with van der Waals surface area (Å²) in [6, 6.07) is 6.75. The Morgan fingerprint density at radius 2 is 2.30 bits per heavy atom. The molecule has 0 saturated carbocycles. The molecule has 1 aliphatic rings. The van der Waals surface area contributed by atoms with E-state index in [-0.39, 0.29) is 5.91 Å². The number of benzene rings is 1. The Hall–Kier alpha value is -1.69. The zero-order chi connectivity index (χ0) is 14.6. The topological polar surface area (TPSA) is 75.6 Å². The summed E-state index contributed by atoms with van der Waals surface area (Å²) in [5.41, 5.74) is -0.739. The van der Waals surface area contributed by atoms with Crippen LogP contribution in [0.25, 0.3) is 0 Å². The summed E-state index contributed by atoms with van der Waals surface area (Å²) in [5.74, 6) is 0.392. The molecule has 1 aromatic rings. The average Bonchev–Trinajstić information content (AvgIpc) is 2.89. The molecule has 2 N–H and O–H groups in total. The second kappa shape index (κ2) is 6.17. The predicted molar refractivity (Wildman–Crippen MR) is 77.4 cm³/mol. The number of hydrogen-bond donors (Lipinski definition) is 2. The minimum atomic E-state index is -1.15. The fraction of sp³-hybridized carbons (Fsp3) is 0.429. The molecule has 0 bridgehead atoms. The molecule has 1 aromatic carbocycles. The van der Waals surface area contributed by atoms with Gasteiger partial charge in [0.15, 0.2) is 0 Å². The molecule has 6 heteroatoms. The van der Waals surface area contributed by atoms with Crippen LogP contribution in [0.2, 0.25) is 0 Å². The van der Waals surface area contributed by atoms with Crippen LogP contribution in [0, 0.1) is 0 Å². The fourth-order valence-electron chi connectivity index (χ4n) is 2.07. The van der Waals surface area contributed by atoms with Crippen molar-refractivity contribution in [2.24, 2.45) is 0 Å². The molecule has 0 aromatic heterocycles. The van der Waals surface area contributed by atoms with Crippen molar-refractivity contribution in [2.45, 2.75) is 18.9 Å². The van der Waals surface area contributed by atoms with Crippen LogP contribution in [-0.2, 0) is 4.79 Å². The number of hydrogen-bond acceptors (Lipinski definition) is 4. The third-order valence-corrected chi connectivity index (χ3v) is 4.38. The van der Waals surface area contributed by atoms with Crippen molar-refractivity contribution in [1.29, 1.82) is 0 Å². The number of carbonyl (C=O) groups excluding carboxylic acids is 1. The van der Waals surface area contributed by atoms with Crippen molar-refractivity contribution in [3.05, 3.63) is 29.8 Å². The molecule has 1 saturated heterocycles. The molecule has 0 spiro atoms. The summed E-state index contributed by atoms with van der Waals surface area (Å²) in [6.45, 7) is 2.38. The summed E-state index contributed by atoms with van der Waals surface area (Å²) >= 11 is 1.54. The highest BCUT2D eigenvalue weighted by Gasteiger charge is 2.43. The number of thioether (sulfide) groups is 1. The zero-order valence-corrected chi connectivity index (χ0v) is 12.0. The molecule has 1 fully saturated rings. The van der Waals surface area contributed by atoms with Gasteiger partial charge in [-0.15, -0.1) is 0 Å². The van der Waals surface area contributed by atoms with E-state index in [0.717, 1.165) is 5.75 Å². The van der Waals surface area contributed by atoms with Crippen molar-refractivity contribution in [1.82, 2.24) is 5.32 Å². The van der Waals surface area contributed by atoms with Gasteiger partial charge in [0.25, 0.3) is 5.91 Å². The number of carboxylic acid groups (broad SMARTS) is 1. The first kappa shape index (κ1) is 14.7. The lowest BCUT2D eigenvalue weighted by atomic mass is 9.98. The minimum Gasteiger partial charge on any atom is -0.494 e. The molecule has 2 rings (SSSR count). The van der Waals surface area contributed by atoms with E-state index in [1.54, 1.807) is 24.3 Å². The molecule has 0 radical (unpaired) electrons. The second-order valence-corrected chi connectivity index (χ2v) is 5.71. The number of ether oxygens (including phenoxy) is 1. The maximum Gasteiger partial charge on any atom is 0.330 e. The molecule has 1 aliphatic heterocycles. The van der Waals surface area contributed by atoms with Crippen molar-refractivity contribution in [2.75, 3.05) is 18.1 Å². The van der Waals surface area contributed by atoms with Crippen molar-refractivity contribution in [3.8, 4) is 5.75 Å². The first-order valence-corrected chi connectivity index (χ1v) is 7.59. The standard InChI is InChI=1S/C14H17NO4S/c1-2-19-11-5-3-4-10(8-11)12(16)15-14(13(17)18)6-7-20-9-14/h3-5,8H,2,6-7,9H2,1H3,(H,15,16)(H,17,18). The Kier molecular flexibility index (Phi) is 4.54. The Morgan fingerprint density at radius 1 is 1.50 bits per heavy atom. The average molecular weight is 295 g/mol. The first-order chi connectivity index (χ1) is 9.57. The first-order valence-electron chi connectivity index (χ1n) is 6.44. The largest absolute Gasteiger partial charge is 0.494 e. The van der Waals surface area contributed by atoms with Gasteiger partial charge in [-0.25, -0.2) is 4.79 Å². The lowest BCUT2D eigenvalue weighted by molar-refractivity contribution is -0.143. The smallest absolute Gasteiger partial charge is 0.330 e. The highest BCUT2D eigenvalue weighted by Crippen LogP contribution is 2.28. The second-order valence-electron chi connectivity index (χ2n) is 4.60. The SMILES string of the molecule is CCOc1cccc(C(=O)NC2(C(=O)O)CCSC2)c1. The van der Waals surface area contributed by atoms with Crippen LogP contribution in [-0.4, -0.2) is 40.6 Å². The van der Waals surface area contributed by atoms with Gasteiger partial charge in [0.05, 0.1) is 6.61 Å². The summed E-state index contributed by atoms with van der Waals surface area (Å²) in [6.07, 6.45) is 0.448. The molecule has 1 atom stereocenters. The molecular formula is C14H17NO4S. The fourth-order valence-corrected chi connectivity index (χ4v) is 3.39. The minimum absolute atomic E-state index is 0.378. The molecule has 108 valence electrons. The molecule has 1 heterocycles. The van der Waals surface area contributed by atoms with Crippen molar-refractivity contribution < 1.29 is 19.4 Å². The molecular weight excluding hydrogens is 278 g/mol. The van der Waals surface area contributed by atoms with Crippen LogP contribution in [0.3, 0.4) is 0 Å². The quantitative estimate of drug-likeness (QED) is 0.866. The molecule has 1 amide bonds. The maximum atomic E-state index is 12.2. The number of amides is 1. The van der Waals surface area contributed by atoms with Gasteiger partial charge in [0.2, 0.25) is 0 Å². The van der Waals surface area contributed by atoms with Crippen LogP contribution >= 0.6 is 11.8 Å². The van der Waals surface area contributed by atoms with Gasteiger partial charge >= 0.3 is 5.97 Å². The van der Waals surface area contributed by atoms with Gasteiger partial charge in [-0.3, -0.25) is 4.79 Å². The van der Waals surface area contributed by atoms with Gasteiger partial charge in [-0.2, -0.15) is 11.8 Å². The van der Waals surface area contributed by atoms with Crippen molar-refractivity contribution >= 4 is 23.6 Å². The van der Waals surface area contributed by atoms with E-state index in [1.165, 1.54) is 11.8 Å². The Morgan fingerprint density at radius 3 is 2.90 bits per heavy atom. The third-order valence-electron chi connectivity index (χ3n) is 3.19. The Labute approximate surface area is 121 Å². The highest BCUT2D eigenvalue weighted by atomic mass is 32.2. The number of carboxylic acids is 1. The molecule has 20 heavy (non-hydrogen) atoms. The van der Waals surface area contributed by atoms with E-state index in [1.807, 2.05) is 6.92 Å². The van der Waals surface area contributed by atoms with E-state index in [9.17, 15) is 14.7 Å². The van der Waals surface area contributed by atoms with Crippen LogP contribution < -0.4 is 10.1 Å². The van der Waals surface area contributed by atoms with Gasteiger partial charge in [0.1, 0.15) is 11.3 Å². The van der Waals surface area contributed by atoms with Gasteiger partial charge in [0, 0.05) is 11.3 Å². The Bertz CT molecular complexity index is 512. The van der Waals surface area contributed by atoms with Crippen LogP contribution in [0.1, 0.15) is 23.7 Å². The third kappa shape index (κ3) is 3.07. The number of aliphatic carboxylic acids is 1. The van der Waals surface area contributed by atoms with Gasteiger partial charge in [-0.1, -0.05) is 6.07 Å². The summed E-state index contributed by atoms with van der Waals surface area (Å²) < 4.78 is 5.34. The van der Waals surface area contributed by atoms with Crippen LogP contribution in [0.4, 0.5) is 0 Å². The van der Waals surface area contributed by atoms with Gasteiger partial charge < -0.3 is 15.2 Å². The lowest BCUT2D eigenvalue weighted by Gasteiger charge is -2.24. The monoisotopic (exact) mass is 295 g/mol. The number of nitrogens with one attached hydrogen (secondary N) is 1. The highest BCUT2D eigenvalue weighted by molar-refractivity contribution is 7.99. The van der Waals surface area contributed by atoms with Crippen molar-refractivity contribution in [3.63, 3.8) is 0 Å². The van der Waals surface area contributed by atoms with Gasteiger partial charge in [-0.05, 0) is 37.3 Å². The van der Waals surface area contributed by atoms with E-state index in [4.69, 9.17) is 4.74 Å². The van der Waals surface area contributed by atoms with E-state index in [0.29, 0.717) is 30.1 Å². The van der Waals surface area contributed by atoms with Crippen LogP contribution in [0.5, 0.6) is 5.75 Å². The summed E-state index contributed by atoms with van der Waals surface area (Å²) in [4.78, 5) is 23.6. The number of carbonyl (C=O) groups is 2. The molecule has 1 unspecified atom stereocenters. The summed E-state index contributed by atoms with van der Waals surface area (Å²) in [7, 11) is 0. The molecule has 0 aliphatic carbocycles. The maximum absolute atomic E-state index is 12.2. The molecule has 5 nitrogen and oxygen atoms in total. The predicted octanol–water partition coefficient (Wildman–Crippen LogP) is 1.78. The van der Waals surface area contributed by atoms with E-state index >= 15 is 0 Å². The van der Waals surface area contributed by atoms with E-state index < -0.39 is 11.5 Å². The lowest BCUT2D eigenvalue weighted by Crippen LogP contribution is -2.54. The number of rotatable bonds is 5. The Balaban J connectivity index is 2.15. The normalized spacial score (nSPS) is 21.4. The van der Waals surface area contributed by atoms with E-state index in [2.05, 4.69) is 5.32 Å². The van der Waals surface area contributed by atoms with Crippen LogP contribution in [0.15, 0.2) is 24.3 Å². The zero-order valence-electron chi connectivity index (χ0n) is 11.2.